The van der Waals surface area contributed by atoms with Crippen molar-refractivity contribution >= 4 is 17.2 Å². The third-order valence-electron chi connectivity index (χ3n) is 4.40. The summed E-state index contributed by atoms with van der Waals surface area (Å²) in [5.74, 6) is 0.00189. The Kier molecular flexibility index (Phi) is 4.38. The van der Waals surface area contributed by atoms with Crippen molar-refractivity contribution < 1.29 is 9.53 Å². The molecule has 4 rings (SSSR count). The van der Waals surface area contributed by atoms with E-state index in [4.69, 9.17) is 4.74 Å². The number of rotatable bonds is 3. The highest BCUT2D eigenvalue weighted by atomic mass is 32.1. The van der Waals surface area contributed by atoms with Gasteiger partial charge in [0.1, 0.15) is 17.5 Å². The maximum atomic E-state index is 13.0. The van der Waals surface area contributed by atoms with Crippen molar-refractivity contribution in [2.24, 2.45) is 7.05 Å². The van der Waals surface area contributed by atoms with E-state index in [-0.39, 0.29) is 12.0 Å². The summed E-state index contributed by atoms with van der Waals surface area (Å²) in [6.45, 7) is 1.70. The number of benzene rings is 1. The van der Waals surface area contributed by atoms with E-state index in [2.05, 4.69) is 5.10 Å². The smallest absolute Gasteiger partial charge is 0.272 e. The maximum absolute atomic E-state index is 13.0. The first-order valence-corrected chi connectivity index (χ1v) is 9.14. The van der Waals surface area contributed by atoms with E-state index in [1.165, 1.54) is 0 Å². The first-order chi connectivity index (χ1) is 12.2. The molecule has 0 spiro atoms. The van der Waals surface area contributed by atoms with E-state index in [1.54, 1.807) is 16.0 Å². The number of carbonyl (C=O) groups is 1. The summed E-state index contributed by atoms with van der Waals surface area (Å²) in [4.78, 5) is 15.9. The lowest BCUT2D eigenvalue weighted by atomic mass is 10.1. The molecule has 0 N–H and O–H groups in total. The van der Waals surface area contributed by atoms with Crippen LogP contribution in [-0.4, -0.2) is 40.3 Å². The van der Waals surface area contributed by atoms with E-state index in [0.717, 1.165) is 16.1 Å². The summed E-state index contributed by atoms with van der Waals surface area (Å²) >= 11 is 1.62. The second-order valence-electron chi connectivity index (χ2n) is 6.04. The Morgan fingerprint density at radius 2 is 2.08 bits per heavy atom. The zero-order valence-corrected chi connectivity index (χ0v) is 14.8. The van der Waals surface area contributed by atoms with Gasteiger partial charge in [-0.2, -0.15) is 5.10 Å². The van der Waals surface area contributed by atoms with Crippen LogP contribution in [0.5, 0.6) is 0 Å². The summed E-state index contributed by atoms with van der Waals surface area (Å²) in [6, 6.07) is 15.9. The number of hydrogen-bond donors (Lipinski definition) is 0. The molecule has 1 aromatic carbocycles. The van der Waals surface area contributed by atoms with Crippen molar-refractivity contribution in [3.05, 3.63) is 65.2 Å². The van der Waals surface area contributed by atoms with E-state index in [9.17, 15) is 4.79 Å². The second kappa shape index (κ2) is 6.82. The van der Waals surface area contributed by atoms with Gasteiger partial charge in [-0.25, -0.2) is 0 Å². The average Bonchev–Trinajstić information content (AvgIpc) is 3.31. The third kappa shape index (κ3) is 3.23. The Labute approximate surface area is 150 Å². The van der Waals surface area contributed by atoms with Crippen molar-refractivity contribution in [2.75, 3.05) is 19.7 Å². The molecule has 1 saturated heterocycles. The number of hydrogen-bond acceptors (Lipinski definition) is 4. The Morgan fingerprint density at radius 1 is 1.24 bits per heavy atom. The summed E-state index contributed by atoms with van der Waals surface area (Å²) in [7, 11) is 1.82. The van der Waals surface area contributed by atoms with Crippen LogP contribution in [0, 0.1) is 0 Å². The van der Waals surface area contributed by atoms with Gasteiger partial charge in [-0.1, -0.05) is 36.4 Å². The molecular formula is C19H19N3O2S. The molecule has 0 aliphatic carbocycles. The lowest BCUT2D eigenvalue weighted by Gasteiger charge is -2.33. The van der Waals surface area contributed by atoms with Crippen LogP contribution < -0.4 is 0 Å². The van der Waals surface area contributed by atoms with Crippen LogP contribution in [0.15, 0.2) is 53.9 Å². The van der Waals surface area contributed by atoms with Crippen molar-refractivity contribution in [3.63, 3.8) is 0 Å². The largest absolute Gasteiger partial charge is 0.370 e. The molecule has 1 fully saturated rings. The lowest BCUT2D eigenvalue weighted by Crippen LogP contribution is -2.42. The second-order valence-corrected chi connectivity index (χ2v) is 6.98. The van der Waals surface area contributed by atoms with Crippen molar-refractivity contribution in [3.8, 4) is 10.6 Å². The van der Waals surface area contributed by atoms with Gasteiger partial charge in [0.2, 0.25) is 0 Å². The number of amides is 1. The molecule has 2 aromatic heterocycles. The molecule has 3 heterocycles. The van der Waals surface area contributed by atoms with E-state index >= 15 is 0 Å². The minimum absolute atomic E-state index is 0.00189. The minimum Gasteiger partial charge on any atom is -0.370 e. The maximum Gasteiger partial charge on any atom is 0.272 e. The zero-order valence-electron chi connectivity index (χ0n) is 14.0. The zero-order chi connectivity index (χ0) is 17.2. The summed E-state index contributed by atoms with van der Waals surface area (Å²) < 4.78 is 7.53. The standard InChI is InChI=1S/C19H19N3O2S/c1-21-16(12-15(20-21)18-8-5-11-25-18)19(23)22-9-10-24-17(13-22)14-6-3-2-4-7-14/h2-8,11-12,17H,9-10,13H2,1H3/t17-/m0/s1. The molecule has 0 bridgehead atoms. The average molecular weight is 353 g/mol. The molecule has 5 nitrogen and oxygen atoms in total. The van der Waals surface area contributed by atoms with Gasteiger partial charge in [-0.15, -0.1) is 11.3 Å². The molecule has 128 valence electrons. The number of aryl methyl sites for hydroxylation is 1. The molecular weight excluding hydrogens is 334 g/mol. The molecule has 6 heteroatoms. The fraction of sp³-hybridized carbons (Fsp3) is 0.263. The van der Waals surface area contributed by atoms with Gasteiger partial charge in [-0.05, 0) is 23.1 Å². The van der Waals surface area contributed by atoms with E-state index in [0.29, 0.717) is 25.4 Å². The van der Waals surface area contributed by atoms with Crippen LogP contribution in [0.2, 0.25) is 0 Å². The highest BCUT2D eigenvalue weighted by Gasteiger charge is 2.28. The van der Waals surface area contributed by atoms with Crippen LogP contribution in [0.4, 0.5) is 0 Å². The van der Waals surface area contributed by atoms with Crippen LogP contribution in [0.3, 0.4) is 0 Å². The highest BCUT2D eigenvalue weighted by Crippen LogP contribution is 2.26. The molecule has 0 saturated carbocycles. The number of ether oxygens (including phenoxy) is 1. The Bertz CT molecular complexity index is 858. The minimum atomic E-state index is -0.0797. The third-order valence-corrected chi connectivity index (χ3v) is 5.29. The fourth-order valence-corrected chi connectivity index (χ4v) is 3.76. The molecule has 0 unspecified atom stereocenters. The van der Waals surface area contributed by atoms with Gasteiger partial charge in [0, 0.05) is 13.6 Å². The van der Waals surface area contributed by atoms with Crippen LogP contribution in [-0.2, 0) is 11.8 Å². The number of aromatic nitrogens is 2. The van der Waals surface area contributed by atoms with Crippen molar-refractivity contribution in [1.82, 2.24) is 14.7 Å². The SMILES string of the molecule is Cn1nc(-c2cccs2)cc1C(=O)N1CCO[C@H](c2ccccc2)C1. The van der Waals surface area contributed by atoms with E-state index < -0.39 is 0 Å². The molecule has 0 radical (unpaired) electrons. The van der Waals surface area contributed by atoms with Gasteiger partial charge in [-0.3, -0.25) is 9.48 Å². The normalized spacial score (nSPS) is 17.6. The summed E-state index contributed by atoms with van der Waals surface area (Å²) in [5, 5.41) is 6.51. The molecule has 3 aromatic rings. The highest BCUT2D eigenvalue weighted by molar-refractivity contribution is 7.13. The molecule has 25 heavy (non-hydrogen) atoms. The van der Waals surface area contributed by atoms with Crippen LogP contribution in [0.25, 0.3) is 10.6 Å². The topological polar surface area (TPSA) is 47.4 Å². The Hall–Kier alpha value is -2.44. The quantitative estimate of drug-likeness (QED) is 0.725. The van der Waals surface area contributed by atoms with Gasteiger partial charge in [0.25, 0.3) is 5.91 Å². The molecule has 1 aliphatic heterocycles. The van der Waals surface area contributed by atoms with Crippen LogP contribution in [0.1, 0.15) is 22.2 Å². The molecule has 1 amide bonds. The van der Waals surface area contributed by atoms with Gasteiger partial charge < -0.3 is 9.64 Å². The number of nitrogens with zero attached hydrogens (tertiary/aromatic N) is 3. The van der Waals surface area contributed by atoms with Gasteiger partial charge in [0.05, 0.1) is 18.0 Å². The van der Waals surface area contributed by atoms with Crippen molar-refractivity contribution in [2.45, 2.75) is 6.10 Å². The molecule has 1 aliphatic rings. The number of carbonyl (C=O) groups excluding carboxylic acids is 1. The van der Waals surface area contributed by atoms with Crippen molar-refractivity contribution in [1.29, 1.82) is 0 Å². The predicted octanol–water partition coefficient (Wildman–Crippen LogP) is 3.36. The first-order valence-electron chi connectivity index (χ1n) is 8.26. The first kappa shape index (κ1) is 16.1. The van der Waals surface area contributed by atoms with Crippen LogP contribution >= 0.6 is 11.3 Å². The Morgan fingerprint density at radius 3 is 2.84 bits per heavy atom. The summed E-state index contributed by atoms with van der Waals surface area (Å²) in [5.41, 5.74) is 2.55. The van der Waals surface area contributed by atoms with Gasteiger partial charge >= 0.3 is 0 Å². The predicted molar refractivity (Wildman–Crippen MR) is 97.6 cm³/mol. The number of thiophene rings is 1. The number of morpholine rings is 1. The van der Waals surface area contributed by atoms with Gasteiger partial charge in [0.15, 0.2) is 0 Å². The monoisotopic (exact) mass is 353 g/mol. The lowest BCUT2D eigenvalue weighted by molar-refractivity contribution is -0.0231. The molecule has 1 atom stereocenters. The fourth-order valence-electron chi connectivity index (χ4n) is 3.08. The Balaban J connectivity index is 1.54. The van der Waals surface area contributed by atoms with E-state index in [1.807, 2.05) is 65.9 Å². The summed E-state index contributed by atoms with van der Waals surface area (Å²) in [6.07, 6.45) is -0.0797.